The van der Waals surface area contributed by atoms with Crippen molar-refractivity contribution in [3.63, 3.8) is 0 Å². The molecule has 1 heterocycles. The number of hydrogen-bond acceptors (Lipinski definition) is 7. The smallest absolute Gasteiger partial charge is 0.328 e. The molecule has 2 amide bonds. The number of carbonyl (C=O) groups is 5. The Morgan fingerprint density at radius 2 is 1.92 bits per heavy atom. The van der Waals surface area contributed by atoms with Gasteiger partial charge in [0.15, 0.2) is 11.8 Å². The van der Waals surface area contributed by atoms with Gasteiger partial charge in [0.25, 0.3) is 0 Å². The average molecular weight is 345 g/mol. The quantitative estimate of drug-likeness (QED) is 0.268. The molecular formula is C13H19N3O8. The van der Waals surface area contributed by atoms with Crippen molar-refractivity contribution < 1.29 is 39.3 Å². The van der Waals surface area contributed by atoms with E-state index in [2.05, 4.69) is 5.32 Å². The number of aliphatic carboxylic acids is 2. The molecule has 0 unspecified atom stereocenters. The standard InChI is InChI=1S/C13H19N3O8/c14-4-9(18)15-7(3-10(19)20)11(21)6-1-2-16(12(6)22)8(5-17)13(23)24/h6-8,17H,1-5,14H2,(H,15,18)(H,19,20)(H,23,24)/t6-,7+,8+/m1/s1. The lowest BCUT2D eigenvalue weighted by atomic mass is 9.94. The first-order valence-corrected chi connectivity index (χ1v) is 7.12. The maximum absolute atomic E-state index is 12.4. The van der Waals surface area contributed by atoms with Gasteiger partial charge >= 0.3 is 11.9 Å². The van der Waals surface area contributed by atoms with Gasteiger partial charge in [-0.25, -0.2) is 4.79 Å². The number of nitrogens with zero attached hydrogens (tertiary/aromatic N) is 1. The van der Waals surface area contributed by atoms with Gasteiger partial charge in [0, 0.05) is 6.54 Å². The topological polar surface area (TPSA) is 187 Å². The highest BCUT2D eigenvalue weighted by Gasteiger charge is 2.44. The molecule has 3 atom stereocenters. The minimum atomic E-state index is -1.48. The summed E-state index contributed by atoms with van der Waals surface area (Å²) in [6.45, 7) is -1.35. The van der Waals surface area contributed by atoms with Crippen molar-refractivity contribution in [1.82, 2.24) is 10.2 Å². The number of aliphatic hydroxyl groups is 1. The van der Waals surface area contributed by atoms with Crippen molar-refractivity contribution in [3.05, 3.63) is 0 Å². The minimum absolute atomic E-state index is 0.0317. The largest absolute Gasteiger partial charge is 0.481 e. The van der Waals surface area contributed by atoms with Gasteiger partial charge in [-0.3, -0.25) is 19.2 Å². The van der Waals surface area contributed by atoms with Gasteiger partial charge in [-0.15, -0.1) is 0 Å². The van der Waals surface area contributed by atoms with Gasteiger partial charge in [-0.2, -0.15) is 0 Å². The van der Waals surface area contributed by atoms with Crippen LogP contribution in [0.5, 0.6) is 0 Å². The number of carboxylic acid groups (broad SMARTS) is 2. The number of carbonyl (C=O) groups excluding carboxylic acids is 3. The van der Waals surface area contributed by atoms with Gasteiger partial charge in [0.05, 0.1) is 25.6 Å². The highest BCUT2D eigenvalue weighted by molar-refractivity contribution is 6.07. The lowest BCUT2D eigenvalue weighted by Crippen LogP contribution is -2.50. The Hall–Kier alpha value is -2.53. The summed E-state index contributed by atoms with van der Waals surface area (Å²) in [5, 5.41) is 29.0. The number of nitrogens with two attached hydrogens (primary N) is 1. The first kappa shape index (κ1) is 19.5. The van der Waals surface area contributed by atoms with Crippen LogP contribution >= 0.6 is 0 Å². The van der Waals surface area contributed by atoms with Crippen LogP contribution in [0.15, 0.2) is 0 Å². The zero-order valence-electron chi connectivity index (χ0n) is 12.7. The van der Waals surface area contributed by atoms with Crippen molar-refractivity contribution in [3.8, 4) is 0 Å². The summed E-state index contributed by atoms with van der Waals surface area (Å²) in [4.78, 5) is 58.7. The highest BCUT2D eigenvalue weighted by Crippen LogP contribution is 2.23. The van der Waals surface area contributed by atoms with E-state index in [0.717, 1.165) is 4.90 Å². The molecule has 0 aromatic carbocycles. The molecule has 0 saturated carbocycles. The minimum Gasteiger partial charge on any atom is -0.481 e. The molecule has 0 bridgehead atoms. The molecule has 0 spiro atoms. The fraction of sp³-hybridized carbons (Fsp3) is 0.615. The summed E-state index contributed by atoms with van der Waals surface area (Å²) in [5.41, 5.74) is 5.11. The molecule has 1 saturated heterocycles. The number of nitrogens with one attached hydrogen (secondary N) is 1. The van der Waals surface area contributed by atoms with Gasteiger partial charge in [-0.05, 0) is 6.42 Å². The lowest BCUT2D eigenvalue weighted by Gasteiger charge is -2.23. The van der Waals surface area contributed by atoms with E-state index >= 15 is 0 Å². The molecule has 1 aliphatic heterocycles. The van der Waals surface area contributed by atoms with Crippen molar-refractivity contribution in [2.75, 3.05) is 19.7 Å². The molecular weight excluding hydrogens is 326 g/mol. The molecule has 1 fully saturated rings. The highest BCUT2D eigenvalue weighted by atomic mass is 16.4. The Labute approximate surface area is 136 Å². The van der Waals surface area contributed by atoms with Crippen LogP contribution in [-0.2, 0) is 24.0 Å². The molecule has 11 nitrogen and oxygen atoms in total. The number of hydrogen-bond donors (Lipinski definition) is 5. The average Bonchev–Trinajstić information content (AvgIpc) is 2.87. The third kappa shape index (κ3) is 4.49. The number of Topliss-reactive ketones (excluding diaryl/α,β-unsaturated/α-hetero) is 1. The molecule has 0 aromatic heterocycles. The van der Waals surface area contributed by atoms with Gasteiger partial charge in [0.2, 0.25) is 11.8 Å². The van der Waals surface area contributed by atoms with Crippen LogP contribution in [0.1, 0.15) is 12.8 Å². The summed E-state index contributed by atoms with van der Waals surface area (Å²) in [6, 6.07) is -2.92. The molecule has 0 aromatic rings. The normalized spacial score (nSPS) is 19.7. The van der Waals surface area contributed by atoms with Crippen molar-refractivity contribution in [2.24, 2.45) is 11.7 Å². The molecule has 24 heavy (non-hydrogen) atoms. The Morgan fingerprint density at radius 3 is 2.38 bits per heavy atom. The zero-order valence-corrected chi connectivity index (χ0v) is 12.7. The second kappa shape index (κ2) is 8.36. The van der Waals surface area contributed by atoms with Gasteiger partial charge in [0.1, 0.15) is 5.92 Å². The summed E-state index contributed by atoms with van der Waals surface area (Å²) in [6.07, 6.45) is -0.757. The van der Waals surface area contributed by atoms with Crippen LogP contribution < -0.4 is 11.1 Å². The molecule has 1 aliphatic rings. The van der Waals surface area contributed by atoms with Crippen LogP contribution in [0.25, 0.3) is 0 Å². The number of rotatable bonds is 9. The zero-order chi connectivity index (χ0) is 18.4. The molecule has 1 rings (SSSR count). The number of ketones is 1. The van der Waals surface area contributed by atoms with Crippen molar-refractivity contribution in [1.29, 1.82) is 0 Å². The maximum Gasteiger partial charge on any atom is 0.328 e. The Kier molecular flexibility index (Phi) is 6.80. The van der Waals surface area contributed by atoms with Crippen LogP contribution in [0.3, 0.4) is 0 Å². The van der Waals surface area contributed by atoms with E-state index < -0.39 is 67.1 Å². The van der Waals surface area contributed by atoms with Crippen LogP contribution in [0.4, 0.5) is 0 Å². The predicted octanol–water partition coefficient (Wildman–Crippen LogP) is -3.23. The van der Waals surface area contributed by atoms with Crippen molar-refractivity contribution in [2.45, 2.75) is 24.9 Å². The number of carboxylic acids is 2. The van der Waals surface area contributed by atoms with Gasteiger partial charge in [-0.1, -0.05) is 0 Å². The third-order valence-corrected chi connectivity index (χ3v) is 3.66. The summed E-state index contributed by atoms with van der Waals surface area (Å²) in [7, 11) is 0. The second-order valence-electron chi connectivity index (χ2n) is 5.23. The SMILES string of the molecule is NCC(=O)N[C@@H](CC(=O)O)C(=O)[C@H]1CCN([C@@H](CO)C(=O)O)C1=O. The van der Waals surface area contributed by atoms with E-state index in [4.69, 9.17) is 21.1 Å². The molecule has 134 valence electrons. The molecule has 6 N–H and O–H groups in total. The van der Waals surface area contributed by atoms with Gasteiger partial charge < -0.3 is 31.3 Å². The molecule has 0 radical (unpaired) electrons. The van der Waals surface area contributed by atoms with E-state index in [9.17, 15) is 24.0 Å². The van der Waals surface area contributed by atoms with E-state index in [1.54, 1.807) is 0 Å². The molecule has 11 heteroatoms. The van der Waals surface area contributed by atoms with Crippen LogP contribution in [0, 0.1) is 5.92 Å². The Balaban J connectivity index is 2.91. The predicted molar refractivity (Wildman–Crippen MR) is 76.6 cm³/mol. The first-order chi connectivity index (χ1) is 11.2. The number of likely N-dealkylation sites (tertiary alicyclic amines) is 1. The lowest BCUT2D eigenvalue weighted by molar-refractivity contribution is -0.152. The second-order valence-corrected chi connectivity index (χ2v) is 5.23. The van der Waals surface area contributed by atoms with E-state index in [1.165, 1.54) is 0 Å². The van der Waals surface area contributed by atoms with Crippen LogP contribution in [-0.4, -0.2) is 81.5 Å². The van der Waals surface area contributed by atoms with E-state index in [-0.39, 0.29) is 13.0 Å². The fourth-order valence-electron chi connectivity index (χ4n) is 2.48. The monoisotopic (exact) mass is 345 g/mol. The number of amides is 2. The Morgan fingerprint density at radius 1 is 1.29 bits per heavy atom. The summed E-state index contributed by atoms with van der Waals surface area (Å²) >= 11 is 0. The summed E-state index contributed by atoms with van der Waals surface area (Å²) < 4.78 is 0. The number of aliphatic hydroxyl groups excluding tert-OH is 1. The summed E-state index contributed by atoms with van der Waals surface area (Å²) in [5.74, 6) is -6.45. The van der Waals surface area contributed by atoms with E-state index in [0.29, 0.717) is 0 Å². The molecule has 0 aliphatic carbocycles. The van der Waals surface area contributed by atoms with Crippen LogP contribution in [0.2, 0.25) is 0 Å². The maximum atomic E-state index is 12.4. The van der Waals surface area contributed by atoms with E-state index in [1.807, 2.05) is 0 Å². The fourth-order valence-corrected chi connectivity index (χ4v) is 2.48. The Bertz CT molecular complexity index is 549. The first-order valence-electron chi connectivity index (χ1n) is 7.12. The van der Waals surface area contributed by atoms with Crippen molar-refractivity contribution >= 4 is 29.5 Å². The third-order valence-electron chi connectivity index (χ3n) is 3.66.